The number of aromatic nitrogens is 4. The average Bonchev–Trinajstić information content (AvgIpc) is 3.50. The smallest absolute Gasteiger partial charge is 0.257 e. The van der Waals surface area contributed by atoms with Gasteiger partial charge in [-0.2, -0.15) is 0 Å². The van der Waals surface area contributed by atoms with Gasteiger partial charge in [-0.05, 0) is 43.0 Å². The molecule has 1 atom stereocenters. The van der Waals surface area contributed by atoms with Gasteiger partial charge in [-0.15, -0.1) is 21.5 Å². The van der Waals surface area contributed by atoms with Crippen LogP contribution in [-0.2, 0) is 16.6 Å². The molecule has 11 heteroatoms. The van der Waals surface area contributed by atoms with Gasteiger partial charge in [-0.25, -0.2) is 17.7 Å². The molecule has 0 fully saturated rings. The minimum Gasteiger partial charge on any atom is -0.419 e. The molecule has 0 saturated carbocycles. The van der Waals surface area contributed by atoms with E-state index in [4.69, 9.17) is 9.40 Å². The summed E-state index contributed by atoms with van der Waals surface area (Å²) in [5, 5.41) is 11.1. The van der Waals surface area contributed by atoms with Crippen molar-refractivity contribution in [3.05, 3.63) is 41.6 Å². The summed E-state index contributed by atoms with van der Waals surface area (Å²) in [6.07, 6.45) is 2.04. The number of nitrogens with zero attached hydrogens (tertiary/aromatic N) is 5. The highest BCUT2D eigenvalue weighted by atomic mass is 32.2. The molecule has 0 aliphatic carbocycles. The Morgan fingerprint density at radius 1 is 1.25 bits per heavy atom. The molecular formula is C21H25N5O3S3. The third-order valence-electron chi connectivity index (χ3n) is 5.00. The molecule has 4 rings (SSSR count). The third kappa shape index (κ3) is 4.47. The first kappa shape index (κ1) is 23.0. The molecular weight excluding hydrogens is 466 g/mol. The zero-order valence-corrected chi connectivity index (χ0v) is 20.8. The number of unbranched alkanes of at least 4 members (excludes halogenated alkanes) is 1. The van der Waals surface area contributed by atoms with Crippen LogP contribution in [0.2, 0.25) is 0 Å². The first-order valence-corrected chi connectivity index (χ1v) is 13.5. The molecule has 0 spiro atoms. The van der Waals surface area contributed by atoms with Crippen LogP contribution < -0.4 is 0 Å². The Balaban J connectivity index is 1.67. The fraction of sp³-hybridized carbons (Fsp3) is 0.381. The summed E-state index contributed by atoms with van der Waals surface area (Å²) < 4.78 is 34.4. The number of hydrogen-bond acceptors (Lipinski definition) is 8. The summed E-state index contributed by atoms with van der Waals surface area (Å²) in [5.74, 6) is 1.05. The van der Waals surface area contributed by atoms with E-state index >= 15 is 0 Å². The maximum atomic E-state index is 12.6. The summed E-state index contributed by atoms with van der Waals surface area (Å²) in [6.45, 7) is 4.94. The van der Waals surface area contributed by atoms with E-state index in [0.717, 1.165) is 34.9 Å². The lowest BCUT2D eigenvalue weighted by Gasteiger charge is -2.12. The van der Waals surface area contributed by atoms with Crippen LogP contribution >= 0.6 is 23.1 Å². The predicted molar refractivity (Wildman–Crippen MR) is 127 cm³/mol. The molecule has 0 bridgehead atoms. The second kappa shape index (κ2) is 9.34. The Hall–Kier alpha value is -2.21. The minimum atomic E-state index is -3.53. The van der Waals surface area contributed by atoms with Crippen molar-refractivity contribution in [3.8, 4) is 10.8 Å². The fourth-order valence-corrected chi connectivity index (χ4v) is 5.73. The van der Waals surface area contributed by atoms with Gasteiger partial charge in [-0.3, -0.25) is 0 Å². The van der Waals surface area contributed by atoms with Crippen molar-refractivity contribution < 1.29 is 12.8 Å². The van der Waals surface area contributed by atoms with Gasteiger partial charge >= 0.3 is 0 Å². The SMILES string of the molecule is CCCCn1c(SC(C)c2nnc(-c3cccs3)o2)nc2cc(S(=O)(=O)N(C)C)ccc21. The molecule has 3 aromatic heterocycles. The molecule has 3 heterocycles. The molecule has 0 radical (unpaired) electrons. The van der Waals surface area contributed by atoms with Crippen LogP contribution in [-0.4, -0.2) is 46.6 Å². The highest BCUT2D eigenvalue weighted by molar-refractivity contribution is 7.99. The van der Waals surface area contributed by atoms with Crippen LogP contribution in [0.1, 0.15) is 37.8 Å². The highest BCUT2D eigenvalue weighted by Crippen LogP contribution is 2.37. The molecule has 8 nitrogen and oxygen atoms in total. The second-order valence-electron chi connectivity index (χ2n) is 7.52. The van der Waals surface area contributed by atoms with Gasteiger partial charge in [-0.1, -0.05) is 31.2 Å². The van der Waals surface area contributed by atoms with E-state index < -0.39 is 10.0 Å². The summed E-state index contributed by atoms with van der Waals surface area (Å²) >= 11 is 3.08. The van der Waals surface area contributed by atoms with Crippen LogP contribution in [0.15, 0.2) is 50.2 Å². The van der Waals surface area contributed by atoms with Gasteiger partial charge in [0.1, 0.15) is 0 Å². The van der Waals surface area contributed by atoms with Crippen LogP contribution in [0.25, 0.3) is 21.8 Å². The Labute approximate surface area is 195 Å². The van der Waals surface area contributed by atoms with Crippen molar-refractivity contribution >= 4 is 44.2 Å². The van der Waals surface area contributed by atoms with Crippen LogP contribution in [0.3, 0.4) is 0 Å². The van der Waals surface area contributed by atoms with Gasteiger partial charge < -0.3 is 8.98 Å². The normalized spacial score (nSPS) is 13.3. The van der Waals surface area contributed by atoms with Gasteiger partial charge in [0.15, 0.2) is 5.16 Å². The summed E-state index contributed by atoms with van der Waals surface area (Å²) in [7, 11) is -0.479. The first-order valence-electron chi connectivity index (χ1n) is 10.3. The van der Waals surface area contributed by atoms with Crippen molar-refractivity contribution in [2.75, 3.05) is 14.1 Å². The zero-order chi connectivity index (χ0) is 22.9. The maximum Gasteiger partial charge on any atom is 0.257 e. The monoisotopic (exact) mass is 491 g/mol. The second-order valence-corrected chi connectivity index (χ2v) is 11.9. The number of rotatable bonds is 9. The van der Waals surface area contributed by atoms with Gasteiger partial charge in [0.05, 0.1) is 26.1 Å². The standard InChI is InChI=1S/C21H25N5O3S3/c1-5-6-11-26-17-10-9-15(32(27,28)25(3)4)13-16(17)22-21(26)31-14(2)19-23-24-20(29-19)18-8-7-12-30-18/h7-10,12-14H,5-6,11H2,1-4H3. The molecule has 1 unspecified atom stereocenters. The maximum absolute atomic E-state index is 12.6. The van der Waals surface area contributed by atoms with Crippen molar-refractivity contribution in [1.82, 2.24) is 24.1 Å². The Morgan fingerprint density at radius 2 is 2.06 bits per heavy atom. The van der Waals surface area contributed by atoms with E-state index in [1.165, 1.54) is 30.2 Å². The number of sulfonamides is 1. The lowest BCUT2D eigenvalue weighted by molar-refractivity contribution is 0.509. The number of thioether (sulfide) groups is 1. The number of fused-ring (bicyclic) bond motifs is 1. The number of benzene rings is 1. The first-order chi connectivity index (χ1) is 15.3. The Morgan fingerprint density at radius 3 is 2.75 bits per heavy atom. The predicted octanol–water partition coefficient (Wildman–Crippen LogP) is 5.05. The molecule has 1 aromatic carbocycles. The van der Waals surface area contributed by atoms with Crippen molar-refractivity contribution in [2.45, 2.75) is 48.5 Å². The lowest BCUT2D eigenvalue weighted by atomic mass is 10.3. The Kier molecular flexibility index (Phi) is 6.70. The number of imidazole rings is 1. The quantitative estimate of drug-likeness (QED) is 0.302. The number of aryl methyl sites for hydroxylation is 1. The van der Waals surface area contributed by atoms with E-state index in [-0.39, 0.29) is 10.1 Å². The molecule has 0 saturated heterocycles. The van der Waals surface area contributed by atoms with E-state index in [0.29, 0.717) is 17.3 Å². The number of hydrogen-bond donors (Lipinski definition) is 0. The van der Waals surface area contributed by atoms with Crippen molar-refractivity contribution in [1.29, 1.82) is 0 Å². The molecule has 170 valence electrons. The zero-order valence-electron chi connectivity index (χ0n) is 18.3. The van der Waals surface area contributed by atoms with E-state index in [2.05, 4.69) is 21.7 Å². The van der Waals surface area contributed by atoms with Crippen LogP contribution in [0, 0.1) is 0 Å². The molecule has 0 N–H and O–H groups in total. The molecule has 0 amide bonds. The third-order valence-corrected chi connectivity index (χ3v) is 8.75. The largest absolute Gasteiger partial charge is 0.419 e. The highest BCUT2D eigenvalue weighted by Gasteiger charge is 2.23. The summed E-state index contributed by atoms with van der Waals surface area (Å²) in [4.78, 5) is 5.95. The number of thiophene rings is 1. The van der Waals surface area contributed by atoms with E-state index in [1.54, 1.807) is 23.5 Å². The summed E-state index contributed by atoms with van der Waals surface area (Å²) in [5.41, 5.74) is 1.57. The molecule has 32 heavy (non-hydrogen) atoms. The fourth-order valence-electron chi connectivity index (χ4n) is 3.19. The van der Waals surface area contributed by atoms with E-state index in [9.17, 15) is 8.42 Å². The molecule has 0 aliphatic rings. The topological polar surface area (TPSA) is 94.1 Å². The van der Waals surface area contributed by atoms with Gasteiger partial charge in [0.2, 0.25) is 15.9 Å². The average molecular weight is 492 g/mol. The molecule has 0 aliphatic heterocycles. The van der Waals surface area contributed by atoms with Crippen molar-refractivity contribution in [3.63, 3.8) is 0 Å². The van der Waals surface area contributed by atoms with E-state index in [1.807, 2.05) is 30.5 Å². The summed E-state index contributed by atoms with van der Waals surface area (Å²) in [6, 6.07) is 9.02. The minimum absolute atomic E-state index is 0.113. The van der Waals surface area contributed by atoms with Gasteiger partial charge in [0.25, 0.3) is 5.89 Å². The van der Waals surface area contributed by atoms with Crippen molar-refractivity contribution in [2.24, 2.45) is 0 Å². The van der Waals surface area contributed by atoms with Crippen LogP contribution in [0.4, 0.5) is 0 Å². The van der Waals surface area contributed by atoms with Crippen LogP contribution in [0.5, 0.6) is 0 Å². The lowest BCUT2D eigenvalue weighted by Crippen LogP contribution is -2.22. The van der Waals surface area contributed by atoms with Gasteiger partial charge in [0, 0.05) is 20.6 Å². The Bertz CT molecular complexity index is 1310. The molecule has 4 aromatic rings.